The molecule has 4 rings (SSSR count). The molecule has 1 aliphatic heterocycles. The average Bonchev–Trinajstić information content (AvgIpc) is 2.84. The molecule has 0 amide bonds. The molecule has 27 heavy (non-hydrogen) atoms. The van der Waals surface area contributed by atoms with E-state index >= 15 is 0 Å². The van der Waals surface area contributed by atoms with Crippen LogP contribution >= 0.6 is 0 Å². The summed E-state index contributed by atoms with van der Waals surface area (Å²) in [5.41, 5.74) is 3.71. The second-order valence-electron chi connectivity index (χ2n) is 6.82. The maximum absolute atomic E-state index is 13.9. The number of imidazole rings is 1. The van der Waals surface area contributed by atoms with Crippen molar-refractivity contribution in [3.63, 3.8) is 0 Å². The number of pyridine rings is 1. The lowest BCUT2D eigenvalue weighted by molar-refractivity contribution is 0.280. The number of hydrogen-bond acceptors (Lipinski definition) is 4. The second-order valence-corrected chi connectivity index (χ2v) is 6.82. The van der Waals surface area contributed by atoms with Crippen molar-refractivity contribution in [2.75, 3.05) is 32.8 Å². The number of nitrogens with one attached hydrogen (secondary N) is 1. The standard InChI is InChI=1S/C21H25FN4O/c1-2-27-18-7-4-16(5-8-18)21-19(15-25-12-3-10-23-11-13-25)26-14-17(22)6-9-20(26)24-21/h4-9,14,23H,2-3,10-13,15H2,1H3. The minimum absolute atomic E-state index is 0.253. The van der Waals surface area contributed by atoms with Gasteiger partial charge in [-0.2, -0.15) is 0 Å². The van der Waals surface area contributed by atoms with Gasteiger partial charge in [-0.1, -0.05) is 0 Å². The van der Waals surface area contributed by atoms with E-state index in [0.717, 1.165) is 67.5 Å². The number of ether oxygens (including phenoxy) is 1. The Labute approximate surface area is 158 Å². The second kappa shape index (κ2) is 8.06. The molecule has 5 nitrogen and oxygen atoms in total. The van der Waals surface area contributed by atoms with E-state index in [0.29, 0.717) is 6.61 Å². The van der Waals surface area contributed by atoms with Crippen LogP contribution in [0.5, 0.6) is 5.75 Å². The third-order valence-corrected chi connectivity index (χ3v) is 4.93. The van der Waals surface area contributed by atoms with Crippen LogP contribution in [0.4, 0.5) is 4.39 Å². The Bertz CT molecular complexity index is 898. The third kappa shape index (κ3) is 3.96. The summed E-state index contributed by atoms with van der Waals surface area (Å²) in [4.78, 5) is 7.21. The minimum Gasteiger partial charge on any atom is -0.494 e. The van der Waals surface area contributed by atoms with E-state index in [1.165, 1.54) is 12.3 Å². The van der Waals surface area contributed by atoms with Crippen LogP contribution in [0.3, 0.4) is 0 Å². The number of hydrogen-bond donors (Lipinski definition) is 1. The van der Waals surface area contributed by atoms with Crippen molar-refractivity contribution >= 4 is 5.65 Å². The van der Waals surface area contributed by atoms with Gasteiger partial charge in [0.2, 0.25) is 0 Å². The van der Waals surface area contributed by atoms with E-state index in [9.17, 15) is 4.39 Å². The fourth-order valence-electron chi connectivity index (χ4n) is 3.60. The molecule has 0 saturated carbocycles. The number of fused-ring (bicyclic) bond motifs is 1. The van der Waals surface area contributed by atoms with E-state index in [-0.39, 0.29) is 5.82 Å². The van der Waals surface area contributed by atoms with Crippen molar-refractivity contribution in [2.24, 2.45) is 0 Å². The van der Waals surface area contributed by atoms with Gasteiger partial charge in [0.15, 0.2) is 0 Å². The van der Waals surface area contributed by atoms with Crippen molar-refractivity contribution in [3.8, 4) is 17.0 Å². The van der Waals surface area contributed by atoms with E-state index in [4.69, 9.17) is 9.72 Å². The Morgan fingerprint density at radius 3 is 2.78 bits per heavy atom. The molecule has 1 aliphatic rings. The van der Waals surface area contributed by atoms with Gasteiger partial charge in [0.25, 0.3) is 0 Å². The summed E-state index contributed by atoms with van der Waals surface area (Å²) in [5.74, 6) is 0.591. The highest BCUT2D eigenvalue weighted by Gasteiger charge is 2.18. The van der Waals surface area contributed by atoms with Crippen LogP contribution in [0, 0.1) is 5.82 Å². The van der Waals surface area contributed by atoms with Crippen molar-refractivity contribution in [2.45, 2.75) is 19.9 Å². The molecule has 0 aliphatic carbocycles. The van der Waals surface area contributed by atoms with Gasteiger partial charge in [0.1, 0.15) is 17.2 Å². The van der Waals surface area contributed by atoms with Crippen LogP contribution in [0.15, 0.2) is 42.6 Å². The molecule has 2 aromatic heterocycles. The first kappa shape index (κ1) is 17.9. The molecule has 3 aromatic rings. The van der Waals surface area contributed by atoms with E-state index in [1.54, 1.807) is 6.07 Å². The fraction of sp³-hybridized carbons (Fsp3) is 0.381. The van der Waals surface area contributed by atoms with Crippen LogP contribution in [-0.4, -0.2) is 47.1 Å². The first-order valence-electron chi connectivity index (χ1n) is 9.57. The normalized spacial score (nSPS) is 15.8. The lowest BCUT2D eigenvalue weighted by Crippen LogP contribution is -2.28. The van der Waals surface area contributed by atoms with Crippen LogP contribution in [-0.2, 0) is 6.54 Å². The Morgan fingerprint density at radius 2 is 1.96 bits per heavy atom. The quantitative estimate of drug-likeness (QED) is 0.750. The third-order valence-electron chi connectivity index (χ3n) is 4.93. The number of rotatable bonds is 5. The fourth-order valence-corrected chi connectivity index (χ4v) is 3.60. The zero-order chi connectivity index (χ0) is 18.6. The molecule has 142 valence electrons. The molecule has 0 spiro atoms. The molecule has 0 atom stereocenters. The van der Waals surface area contributed by atoms with Gasteiger partial charge >= 0.3 is 0 Å². The molecule has 1 saturated heterocycles. The predicted octanol–water partition coefficient (Wildman–Crippen LogP) is 3.33. The summed E-state index contributed by atoms with van der Waals surface area (Å²) in [6.45, 7) is 7.38. The van der Waals surface area contributed by atoms with E-state index in [2.05, 4.69) is 10.2 Å². The topological polar surface area (TPSA) is 41.8 Å². The van der Waals surface area contributed by atoms with Gasteiger partial charge < -0.3 is 10.1 Å². The Hall–Kier alpha value is -2.44. The van der Waals surface area contributed by atoms with E-state index < -0.39 is 0 Å². The summed E-state index contributed by atoms with van der Waals surface area (Å²) >= 11 is 0. The molecule has 0 radical (unpaired) electrons. The van der Waals surface area contributed by atoms with Gasteiger partial charge in [0.05, 0.1) is 18.0 Å². The molecule has 6 heteroatoms. The van der Waals surface area contributed by atoms with Crippen molar-refractivity contribution in [3.05, 3.63) is 54.1 Å². The van der Waals surface area contributed by atoms with Crippen molar-refractivity contribution < 1.29 is 9.13 Å². The number of nitrogens with zero attached hydrogens (tertiary/aromatic N) is 3. The van der Waals surface area contributed by atoms with Crippen LogP contribution in [0.1, 0.15) is 19.0 Å². The molecule has 1 aromatic carbocycles. The van der Waals surface area contributed by atoms with Gasteiger partial charge in [-0.05, 0) is 62.8 Å². The zero-order valence-corrected chi connectivity index (χ0v) is 15.6. The molecule has 1 N–H and O–H groups in total. The smallest absolute Gasteiger partial charge is 0.139 e. The largest absolute Gasteiger partial charge is 0.494 e. The lowest BCUT2D eigenvalue weighted by atomic mass is 10.1. The monoisotopic (exact) mass is 368 g/mol. The van der Waals surface area contributed by atoms with Gasteiger partial charge in [-0.25, -0.2) is 9.37 Å². The molecule has 1 fully saturated rings. The number of aromatic nitrogens is 2. The Balaban J connectivity index is 1.74. The minimum atomic E-state index is -0.253. The van der Waals surface area contributed by atoms with E-state index in [1.807, 2.05) is 35.6 Å². The van der Waals surface area contributed by atoms with Gasteiger partial charge in [0, 0.05) is 31.4 Å². The van der Waals surface area contributed by atoms with Crippen molar-refractivity contribution in [1.29, 1.82) is 0 Å². The number of halogens is 1. The highest BCUT2D eigenvalue weighted by Crippen LogP contribution is 2.28. The summed E-state index contributed by atoms with van der Waals surface area (Å²) in [7, 11) is 0. The Morgan fingerprint density at radius 1 is 1.11 bits per heavy atom. The van der Waals surface area contributed by atoms with Crippen LogP contribution in [0.2, 0.25) is 0 Å². The molecule has 3 heterocycles. The van der Waals surface area contributed by atoms with Gasteiger partial charge in [-0.15, -0.1) is 0 Å². The van der Waals surface area contributed by atoms with Gasteiger partial charge in [-0.3, -0.25) is 9.30 Å². The summed E-state index contributed by atoms with van der Waals surface area (Å²) in [5, 5.41) is 3.43. The maximum Gasteiger partial charge on any atom is 0.139 e. The average molecular weight is 368 g/mol. The Kier molecular flexibility index (Phi) is 5.36. The first-order valence-corrected chi connectivity index (χ1v) is 9.57. The van der Waals surface area contributed by atoms with Crippen molar-refractivity contribution in [1.82, 2.24) is 19.6 Å². The molecular weight excluding hydrogens is 343 g/mol. The maximum atomic E-state index is 13.9. The molecule has 0 unspecified atom stereocenters. The zero-order valence-electron chi connectivity index (χ0n) is 15.6. The summed E-state index contributed by atoms with van der Waals surface area (Å²) < 4.78 is 21.4. The SMILES string of the molecule is CCOc1ccc(-c2nc3ccc(F)cn3c2CN2CCCNCC2)cc1. The lowest BCUT2D eigenvalue weighted by Gasteiger charge is -2.20. The summed E-state index contributed by atoms with van der Waals surface area (Å²) in [6, 6.07) is 11.2. The summed E-state index contributed by atoms with van der Waals surface area (Å²) in [6.07, 6.45) is 2.65. The number of benzene rings is 1. The molecular formula is C21H25FN4O. The highest BCUT2D eigenvalue weighted by atomic mass is 19.1. The first-order chi connectivity index (χ1) is 13.2. The van der Waals surface area contributed by atoms with Crippen LogP contribution in [0.25, 0.3) is 16.9 Å². The highest BCUT2D eigenvalue weighted by molar-refractivity contribution is 5.67. The predicted molar refractivity (Wildman–Crippen MR) is 105 cm³/mol. The van der Waals surface area contributed by atoms with Crippen LogP contribution < -0.4 is 10.1 Å². The molecule has 0 bridgehead atoms.